The third-order valence-corrected chi connectivity index (χ3v) is 4.16. The van der Waals surface area contributed by atoms with E-state index in [1.54, 1.807) is 0 Å². The van der Waals surface area contributed by atoms with E-state index in [0.717, 1.165) is 36.4 Å². The fourth-order valence-corrected chi connectivity index (χ4v) is 3.09. The molecule has 0 amide bonds. The summed E-state index contributed by atoms with van der Waals surface area (Å²) in [6.45, 7) is 1.70. The first-order valence-corrected chi connectivity index (χ1v) is 8.49. The van der Waals surface area contributed by atoms with Crippen LogP contribution in [-0.2, 0) is 27.1 Å². The summed E-state index contributed by atoms with van der Waals surface area (Å²) in [6.07, 6.45) is 8.12. The quantitative estimate of drug-likeness (QED) is 0.282. The second kappa shape index (κ2) is 10.1. The predicted octanol–water partition coefficient (Wildman–Crippen LogP) is 2.78. The maximum Gasteiger partial charge on any atom is 0.193 e. The molecule has 0 aromatic carbocycles. The molecule has 0 radical (unpaired) electrons. The molecule has 0 unspecified atom stereocenters. The number of aromatic nitrogens is 3. The van der Waals surface area contributed by atoms with Gasteiger partial charge >= 0.3 is 0 Å². The van der Waals surface area contributed by atoms with Crippen molar-refractivity contribution in [1.29, 1.82) is 0 Å². The van der Waals surface area contributed by atoms with Crippen molar-refractivity contribution in [3.63, 3.8) is 0 Å². The lowest BCUT2D eigenvalue weighted by atomic mass is 10.2. The Bertz CT molecular complexity index is 663. The lowest BCUT2D eigenvalue weighted by molar-refractivity contribution is 0.461. The number of aliphatic imine (C=N–C) groups is 1. The van der Waals surface area contributed by atoms with E-state index < -0.39 is 0 Å². The molecule has 0 spiro atoms. The summed E-state index contributed by atoms with van der Waals surface area (Å²) in [5.41, 5.74) is 2.50. The molecule has 2 aromatic rings. The molecule has 0 fully saturated rings. The summed E-state index contributed by atoms with van der Waals surface area (Å²) < 4.78 is 5.06. The number of guanidine groups is 1. The third-order valence-electron chi connectivity index (χ3n) is 3.73. The zero-order chi connectivity index (χ0) is 16.8. The van der Waals surface area contributed by atoms with E-state index >= 15 is 0 Å². The number of hydrogen-bond donors (Lipinski definition) is 1. The van der Waals surface area contributed by atoms with Gasteiger partial charge in [-0.05, 0) is 40.4 Å². The topological polar surface area (TPSA) is 50.4 Å². The summed E-state index contributed by atoms with van der Waals surface area (Å²) in [4.78, 5) is 6.49. The Hall–Kier alpha value is -1.03. The fraction of sp³-hybridized carbons (Fsp3) is 0.500. The predicted molar refractivity (Wildman–Crippen MR) is 113 cm³/mol. The van der Waals surface area contributed by atoms with Crippen LogP contribution < -0.4 is 5.32 Å². The van der Waals surface area contributed by atoms with Crippen LogP contribution in [0, 0.1) is 0 Å². The van der Waals surface area contributed by atoms with Gasteiger partial charge < -0.3 is 14.8 Å². The Morgan fingerprint density at radius 3 is 2.67 bits per heavy atom. The first-order valence-electron chi connectivity index (χ1n) is 7.69. The normalized spacial score (nSPS) is 11.3. The SMILES string of the molecule is CN=C(NCCCc1cnn(C)c1)N(C)Cc1cc(Br)cn1C.I. The van der Waals surface area contributed by atoms with Gasteiger partial charge in [0.05, 0.1) is 12.7 Å². The molecule has 0 aliphatic carbocycles. The van der Waals surface area contributed by atoms with Crippen molar-refractivity contribution in [2.75, 3.05) is 20.6 Å². The van der Waals surface area contributed by atoms with Gasteiger partial charge in [-0.3, -0.25) is 9.67 Å². The van der Waals surface area contributed by atoms with E-state index in [-0.39, 0.29) is 24.0 Å². The lowest BCUT2D eigenvalue weighted by Crippen LogP contribution is -2.39. The van der Waals surface area contributed by atoms with Crippen LogP contribution in [0.3, 0.4) is 0 Å². The second-order valence-corrected chi connectivity index (χ2v) is 6.63. The van der Waals surface area contributed by atoms with E-state index in [1.165, 1.54) is 11.3 Å². The monoisotopic (exact) mass is 508 g/mol. The minimum Gasteiger partial charge on any atom is -0.356 e. The Balaban J connectivity index is 0.00000288. The molecule has 0 bridgehead atoms. The summed E-state index contributed by atoms with van der Waals surface area (Å²) in [6, 6.07) is 2.13. The van der Waals surface area contributed by atoms with Crippen LogP contribution in [0.5, 0.6) is 0 Å². The molecule has 1 N–H and O–H groups in total. The molecule has 134 valence electrons. The van der Waals surface area contributed by atoms with Crippen LogP contribution in [0.1, 0.15) is 17.7 Å². The molecular formula is C16H26BrIN6. The number of hydrogen-bond acceptors (Lipinski definition) is 2. The van der Waals surface area contributed by atoms with Gasteiger partial charge in [-0.25, -0.2) is 0 Å². The van der Waals surface area contributed by atoms with E-state index in [2.05, 4.69) is 73.4 Å². The molecule has 8 heteroatoms. The average molecular weight is 509 g/mol. The fourth-order valence-electron chi connectivity index (χ4n) is 2.52. The maximum absolute atomic E-state index is 4.36. The summed E-state index contributed by atoms with van der Waals surface area (Å²) in [5, 5.41) is 7.61. The van der Waals surface area contributed by atoms with Gasteiger partial charge in [0.15, 0.2) is 5.96 Å². The van der Waals surface area contributed by atoms with Crippen molar-refractivity contribution in [2.45, 2.75) is 19.4 Å². The van der Waals surface area contributed by atoms with Crippen LogP contribution in [0.25, 0.3) is 0 Å². The summed E-state index contributed by atoms with van der Waals surface area (Å²) in [7, 11) is 7.87. The number of nitrogens with one attached hydrogen (secondary N) is 1. The molecule has 6 nitrogen and oxygen atoms in total. The van der Waals surface area contributed by atoms with Gasteiger partial charge in [0, 0.05) is 57.3 Å². The van der Waals surface area contributed by atoms with Crippen molar-refractivity contribution >= 4 is 45.9 Å². The largest absolute Gasteiger partial charge is 0.356 e. The van der Waals surface area contributed by atoms with Gasteiger partial charge in [0.25, 0.3) is 0 Å². The molecule has 24 heavy (non-hydrogen) atoms. The highest BCUT2D eigenvalue weighted by Crippen LogP contribution is 2.14. The van der Waals surface area contributed by atoms with Crippen molar-refractivity contribution in [1.82, 2.24) is 24.6 Å². The Morgan fingerprint density at radius 2 is 2.12 bits per heavy atom. The van der Waals surface area contributed by atoms with Crippen molar-refractivity contribution in [3.8, 4) is 0 Å². The Morgan fingerprint density at radius 1 is 1.38 bits per heavy atom. The third kappa shape index (κ3) is 6.12. The zero-order valence-electron chi connectivity index (χ0n) is 14.7. The number of halogens is 2. The molecule has 0 aliphatic heterocycles. The lowest BCUT2D eigenvalue weighted by Gasteiger charge is -2.22. The number of nitrogens with zero attached hydrogens (tertiary/aromatic N) is 5. The van der Waals surface area contributed by atoms with Crippen LogP contribution >= 0.6 is 39.9 Å². The zero-order valence-corrected chi connectivity index (χ0v) is 18.6. The average Bonchev–Trinajstić information content (AvgIpc) is 3.04. The highest BCUT2D eigenvalue weighted by molar-refractivity contribution is 14.0. The van der Waals surface area contributed by atoms with Crippen LogP contribution in [0.2, 0.25) is 0 Å². The second-order valence-electron chi connectivity index (χ2n) is 5.72. The summed E-state index contributed by atoms with van der Waals surface area (Å²) in [5.74, 6) is 0.911. The number of rotatable bonds is 6. The Kier molecular flexibility index (Phi) is 8.82. The van der Waals surface area contributed by atoms with E-state index in [9.17, 15) is 0 Å². The number of aryl methyl sites for hydroxylation is 3. The van der Waals surface area contributed by atoms with Crippen LogP contribution in [-0.4, -0.2) is 45.8 Å². The minimum absolute atomic E-state index is 0. The van der Waals surface area contributed by atoms with E-state index in [1.807, 2.05) is 25.0 Å². The van der Waals surface area contributed by atoms with Gasteiger partial charge in [-0.1, -0.05) is 0 Å². The first kappa shape index (κ1) is 21.0. The van der Waals surface area contributed by atoms with Crippen LogP contribution in [0.4, 0.5) is 0 Å². The molecular weight excluding hydrogens is 483 g/mol. The van der Waals surface area contributed by atoms with E-state index in [0.29, 0.717) is 0 Å². The molecule has 2 aromatic heterocycles. The Labute approximate surface area is 169 Å². The van der Waals surface area contributed by atoms with Crippen molar-refractivity contribution in [3.05, 3.63) is 40.4 Å². The minimum atomic E-state index is 0. The van der Waals surface area contributed by atoms with Gasteiger partial charge in [0.1, 0.15) is 0 Å². The molecule has 0 saturated heterocycles. The molecule has 0 aliphatic rings. The van der Waals surface area contributed by atoms with Crippen molar-refractivity contribution in [2.24, 2.45) is 19.1 Å². The standard InChI is InChI=1S/C16H25BrN6.HI/c1-18-16(19-7-5-6-13-9-20-23(4)10-13)22(3)12-15-8-14(17)11-21(15)2;/h8-11H,5-7,12H2,1-4H3,(H,18,19);1H. The molecule has 0 atom stereocenters. The molecule has 0 saturated carbocycles. The molecule has 2 heterocycles. The smallest absolute Gasteiger partial charge is 0.193 e. The van der Waals surface area contributed by atoms with Gasteiger partial charge in [0.2, 0.25) is 0 Å². The molecule has 2 rings (SSSR count). The van der Waals surface area contributed by atoms with E-state index in [4.69, 9.17) is 0 Å². The highest BCUT2D eigenvalue weighted by Gasteiger charge is 2.09. The van der Waals surface area contributed by atoms with Crippen LogP contribution in [0.15, 0.2) is 34.1 Å². The highest BCUT2D eigenvalue weighted by atomic mass is 127. The van der Waals surface area contributed by atoms with Gasteiger partial charge in [-0.15, -0.1) is 24.0 Å². The first-order chi connectivity index (χ1) is 11.0. The van der Waals surface area contributed by atoms with Crippen molar-refractivity contribution < 1.29 is 0 Å². The summed E-state index contributed by atoms with van der Waals surface area (Å²) >= 11 is 3.51. The van der Waals surface area contributed by atoms with Gasteiger partial charge in [-0.2, -0.15) is 5.10 Å². The maximum atomic E-state index is 4.36.